The van der Waals surface area contributed by atoms with Crippen molar-refractivity contribution in [3.8, 4) is 11.4 Å². The van der Waals surface area contributed by atoms with Crippen LogP contribution < -0.4 is 9.80 Å². The van der Waals surface area contributed by atoms with Gasteiger partial charge in [-0.15, -0.1) is 0 Å². The molecule has 0 spiro atoms. The van der Waals surface area contributed by atoms with Gasteiger partial charge >= 0.3 is 0 Å². The van der Waals surface area contributed by atoms with Gasteiger partial charge in [0.1, 0.15) is 0 Å². The summed E-state index contributed by atoms with van der Waals surface area (Å²) >= 11 is 3.72. The van der Waals surface area contributed by atoms with Crippen LogP contribution >= 0.6 is 23.5 Å². The molecule has 14 aromatic rings. The van der Waals surface area contributed by atoms with Crippen LogP contribution in [0.2, 0.25) is 0 Å². The van der Waals surface area contributed by atoms with Crippen LogP contribution in [0.3, 0.4) is 0 Å². The standard InChI is InChI=1S/C65H39N5S2/c1-2-15-44(16-3-1)67-54-30-26-40-13-4-6-18-48(40)64(54)50-35-62-58(37-56(50)67)68(52-20-8-10-22-60(52)71-62)45-28-24-43-34-46(29-25-42(43)33-45)69-53-21-9-11-23-61(53)72-63-36-51-57(38-59(63)69)70(47-17-12-32-66-39-47)55-31-27-41-14-5-7-19-49(41)65(51)55/h1-39H. The van der Waals surface area contributed by atoms with Crippen LogP contribution in [0, 0.1) is 0 Å². The maximum atomic E-state index is 4.59. The summed E-state index contributed by atoms with van der Waals surface area (Å²) in [5, 5.41) is 12.4. The Morgan fingerprint density at radius 3 is 1.31 bits per heavy atom. The van der Waals surface area contributed by atoms with Crippen molar-refractivity contribution in [2.75, 3.05) is 9.80 Å². The summed E-state index contributed by atoms with van der Waals surface area (Å²) in [5.74, 6) is 0. The summed E-state index contributed by atoms with van der Waals surface area (Å²) in [4.78, 5) is 14.5. The van der Waals surface area contributed by atoms with Crippen LogP contribution in [-0.2, 0) is 0 Å². The fourth-order valence-corrected chi connectivity index (χ4v) is 13.9. The minimum Gasteiger partial charge on any atom is -0.309 e. The topological polar surface area (TPSA) is 29.2 Å². The molecule has 72 heavy (non-hydrogen) atoms. The molecule has 0 atom stereocenters. The normalized spacial score (nSPS) is 13.1. The van der Waals surface area contributed by atoms with Crippen molar-refractivity contribution >= 4 is 134 Å². The van der Waals surface area contributed by atoms with Gasteiger partial charge in [0, 0.05) is 64.4 Å². The molecule has 0 saturated carbocycles. The smallest absolute Gasteiger partial charge is 0.0645 e. The van der Waals surface area contributed by atoms with E-state index in [-0.39, 0.29) is 0 Å². The summed E-state index contributed by atoms with van der Waals surface area (Å²) in [6.07, 6.45) is 3.82. The number of benzene rings is 11. The zero-order valence-electron chi connectivity index (χ0n) is 38.6. The molecule has 16 rings (SSSR count). The molecular formula is C65H39N5S2. The van der Waals surface area contributed by atoms with Crippen molar-refractivity contribution in [3.63, 3.8) is 0 Å². The molecule has 0 unspecified atom stereocenters. The van der Waals surface area contributed by atoms with Gasteiger partial charge in [0.15, 0.2) is 0 Å². The highest BCUT2D eigenvalue weighted by Crippen LogP contribution is 2.56. The predicted molar refractivity (Wildman–Crippen MR) is 303 cm³/mol. The first-order chi connectivity index (χ1) is 35.7. The van der Waals surface area contributed by atoms with Gasteiger partial charge in [0.05, 0.1) is 56.7 Å². The van der Waals surface area contributed by atoms with Crippen LogP contribution in [0.4, 0.5) is 34.1 Å². The van der Waals surface area contributed by atoms with Crippen LogP contribution in [0.15, 0.2) is 256 Å². The van der Waals surface area contributed by atoms with E-state index in [4.69, 9.17) is 0 Å². The number of anilines is 6. The molecule has 0 radical (unpaired) electrons. The Labute approximate surface area is 422 Å². The monoisotopic (exact) mass is 953 g/mol. The van der Waals surface area contributed by atoms with Gasteiger partial charge < -0.3 is 18.9 Å². The van der Waals surface area contributed by atoms with E-state index in [1.54, 1.807) is 0 Å². The maximum absolute atomic E-state index is 4.59. The summed E-state index contributed by atoms with van der Waals surface area (Å²) in [5.41, 5.74) is 13.8. The molecule has 3 aromatic heterocycles. The van der Waals surface area contributed by atoms with E-state index < -0.39 is 0 Å². The zero-order valence-corrected chi connectivity index (χ0v) is 40.2. The second-order valence-corrected chi connectivity index (χ2v) is 20.9. The van der Waals surface area contributed by atoms with Gasteiger partial charge in [-0.3, -0.25) is 4.98 Å². The first-order valence-electron chi connectivity index (χ1n) is 24.3. The average molecular weight is 954 g/mol. The lowest BCUT2D eigenvalue weighted by molar-refractivity contribution is 1.13. The molecule has 336 valence electrons. The van der Waals surface area contributed by atoms with Gasteiger partial charge in [-0.2, -0.15) is 0 Å². The van der Waals surface area contributed by atoms with Crippen LogP contribution in [0.25, 0.3) is 87.3 Å². The lowest BCUT2D eigenvalue weighted by Gasteiger charge is -2.34. The summed E-state index contributed by atoms with van der Waals surface area (Å²) in [7, 11) is 0. The SMILES string of the molecule is c1ccc(-n2c3cc4c(cc3c3c5ccccc5ccc32)Sc2ccccc2N4c2ccc3cc(N4c5ccccc5Sc5cc6c7c8ccccc8ccc7n(-c7cccnc7)c6cc54)ccc3c2)cc1. The van der Waals surface area contributed by atoms with E-state index in [0.29, 0.717) is 0 Å². The minimum absolute atomic E-state index is 1.04. The molecule has 5 nitrogen and oxygen atoms in total. The third-order valence-electron chi connectivity index (χ3n) is 14.8. The molecule has 2 aliphatic rings. The van der Waals surface area contributed by atoms with Crippen molar-refractivity contribution in [2.45, 2.75) is 19.6 Å². The second kappa shape index (κ2) is 15.4. The first-order valence-corrected chi connectivity index (χ1v) is 26.0. The Hall–Kier alpha value is -8.75. The maximum Gasteiger partial charge on any atom is 0.0645 e. The number of pyridine rings is 1. The van der Waals surface area contributed by atoms with Gasteiger partial charge in [-0.1, -0.05) is 139 Å². The van der Waals surface area contributed by atoms with E-state index in [9.17, 15) is 0 Å². The molecule has 0 aliphatic carbocycles. The lowest BCUT2D eigenvalue weighted by Crippen LogP contribution is -2.15. The number of para-hydroxylation sites is 3. The quantitative estimate of drug-likeness (QED) is 0.175. The molecule has 2 aliphatic heterocycles. The fourth-order valence-electron chi connectivity index (χ4n) is 11.7. The average Bonchev–Trinajstić information content (AvgIpc) is 3.95. The lowest BCUT2D eigenvalue weighted by atomic mass is 10.0. The van der Waals surface area contributed by atoms with E-state index in [0.717, 1.165) is 34.0 Å². The van der Waals surface area contributed by atoms with Gasteiger partial charge in [0.25, 0.3) is 0 Å². The summed E-state index contributed by atoms with van der Waals surface area (Å²) in [6, 6.07) is 82.9. The Morgan fingerprint density at radius 2 is 0.764 bits per heavy atom. The highest BCUT2D eigenvalue weighted by atomic mass is 32.2. The van der Waals surface area contributed by atoms with E-state index in [2.05, 4.69) is 242 Å². The molecule has 0 amide bonds. The summed E-state index contributed by atoms with van der Waals surface area (Å²) in [6.45, 7) is 0. The van der Waals surface area contributed by atoms with E-state index in [1.807, 2.05) is 42.0 Å². The largest absolute Gasteiger partial charge is 0.309 e. The van der Waals surface area contributed by atoms with Crippen molar-refractivity contribution < 1.29 is 0 Å². The summed E-state index contributed by atoms with van der Waals surface area (Å²) < 4.78 is 4.84. The third-order valence-corrected chi connectivity index (χ3v) is 17.1. The third kappa shape index (κ3) is 5.83. The number of rotatable bonds is 4. The molecule has 0 fully saturated rings. The van der Waals surface area contributed by atoms with Crippen molar-refractivity contribution in [1.82, 2.24) is 14.1 Å². The molecule has 0 N–H and O–H groups in total. The molecule has 0 bridgehead atoms. The Morgan fingerprint density at radius 1 is 0.292 bits per heavy atom. The van der Waals surface area contributed by atoms with E-state index in [1.165, 1.54) is 107 Å². The number of fused-ring (bicyclic) bond motifs is 15. The van der Waals surface area contributed by atoms with Crippen LogP contribution in [-0.4, -0.2) is 14.1 Å². The van der Waals surface area contributed by atoms with Crippen molar-refractivity contribution in [3.05, 3.63) is 237 Å². The molecular weight excluding hydrogens is 915 g/mol. The number of hydrogen-bond acceptors (Lipinski definition) is 5. The Balaban J connectivity index is 0.870. The number of aromatic nitrogens is 3. The highest BCUT2D eigenvalue weighted by molar-refractivity contribution is 8.00. The number of hydrogen-bond donors (Lipinski definition) is 0. The fraction of sp³-hybridized carbons (Fsp3) is 0. The second-order valence-electron chi connectivity index (χ2n) is 18.8. The number of nitrogens with zero attached hydrogens (tertiary/aromatic N) is 5. The zero-order chi connectivity index (χ0) is 47.0. The van der Waals surface area contributed by atoms with E-state index >= 15 is 0 Å². The minimum atomic E-state index is 1.04. The van der Waals surface area contributed by atoms with Crippen LogP contribution in [0.5, 0.6) is 0 Å². The van der Waals surface area contributed by atoms with Gasteiger partial charge in [-0.25, -0.2) is 0 Å². The van der Waals surface area contributed by atoms with Gasteiger partial charge in [-0.05, 0) is 142 Å². The molecule has 5 heterocycles. The molecule has 0 saturated heterocycles. The predicted octanol–water partition coefficient (Wildman–Crippen LogP) is 18.6. The highest BCUT2D eigenvalue weighted by Gasteiger charge is 2.30. The van der Waals surface area contributed by atoms with Gasteiger partial charge in [0.2, 0.25) is 0 Å². The van der Waals surface area contributed by atoms with Crippen LogP contribution in [0.1, 0.15) is 0 Å². The molecule has 7 heteroatoms. The Kier molecular flexibility index (Phi) is 8.55. The molecule has 11 aromatic carbocycles. The Bertz CT molecular complexity index is 4300. The van der Waals surface area contributed by atoms with Crippen molar-refractivity contribution in [2.24, 2.45) is 0 Å². The van der Waals surface area contributed by atoms with Crippen molar-refractivity contribution in [1.29, 1.82) is 0 Å². The first kappa shape index (κ1) is 40.0.